The molecule has 0 radical (unpaired) electrons. The zero-order valence-electron chi connectivity index (χ0n) is 54.9. The van der Waals surface area contributed by atoms with Gasteiger partial charge in [-0.2, -0.15) is 9.97 Å². The average Bonchev–Trinajstić information content (AvgIpc) is 0.757. The summed E-state index contributed by atoms with van der Waals surface area (Å²) in [7, 11) is 7.61. The monoisotopic (exact) mass is 1330 g/mol. The van der Waals surface area contributed by atoms with E-state index in [1.807, 2.05) is 51.8 Å². The van der Waals surface area contributed by atoms with Gasteiger partial charge in [-0.15, -0.1) is 0 Å². The first-order valence-corrected chi connectivity index (χ1v) is 31.2. The molecule has 0 aliphatic carbocycles. The number of para-hydroxylation sites is 2. The standard InChI is InChI=1S/C35H37F2N7O4.C24H24F2N6O3.C11H15NO2/c1-5-6-18-48-33(46)22-12-14-24(15-13-22)40-32(45)23-11-10-21(2)25(19-23)29-26-20-39-35(47)44(30-27(36)8-7-9-28(30)37)31(26)42-34(41-29)38-16-17-43(3)4;1-13-7-8-14(22(33)34)11-15(13)19-16-12-28-24(35)32(20-17(25)5-4-6-18(20)26)21(16)30-23(29-19)27-9-10-31(2)3;1-2-3-8-14-11(13)9-4-6-10(12)7-5-9/h7-15,19H,5-6,16-18,20H2,1-4H3,(H,39,47)(H,40,45)(H,38,41,42);4-8,11H,9-10,12H2,1-3H3,(H,28,35)(H,33,34)(H,27,29,30);4-7H,2-3,8,12H2,1H3. The molecule has 2 aromatic heterocycles. The van der Waals surface area contributed by atoms with Crippen LogP contribution in [0.15, 0.2) is 121 Å². The largest absolute Gasteiger partial charge is 0.478 e. The van der Waals surface area contributed by atoms with Crippen molar-refractivity contribution in [2.45, 2.75) is 66.5 Å². The number of carbonyl (C=O) groups excluding carboxylic acids is 5. The van der Waals surface area contributed by atoms with Crippen LogP contribution in [0.3, 0.4) is 0 Å². The molecular weight excluding hydrogens is 1260 g/mol. The number of nitrogens with one attached hydrogen (secondary N) is 5. The second-order valence-corrected chi connectivity index (χ2v) is 23.0. The van der Waals surface area contributed by atoms with E-state index in [-0.39, 0.29) is 48.2 Å². The summed E-state index contributed by atoms with van der Waals surface area (Å²) in [6.07, 6.45) is 3.62. The van der Waals surface area contributed by atoms with E-state index >= 15 is 8.78 Å². The molecule has 2 aliphatic heterocycles. The quantitative estimate of drug-likeness (QED) is 0.0136. The number of esters is 2. The maximum Gasteiger partial charge on any atom is 0.338 e. The summed E-state index contributed by atoms with van der Waals surface area (Å²) in [6.45, 7) is 10.7. The molecule has 0 spiro atoms. The molecule has 0 saturated heterocycles. The van der Waals surface area contributed by atoms with E-state index in [4.69, 9.17) is 20.2 Å². The zero-order valence-corrected chi connectivity index (χ0v) is 54.9. The van der Waals surface area contributed by atoms with Crippen molar-refractivity contribution in [2.75, 3.05) is 99.1 Å². The van der Waals surface area contributed by atoms with Gasteiger partial charge in [0.2, 0.25) is 11.9 Å². The lowest BCUT2D eigenvalue weighted by Gasteiger charge is -2.31. The number of benzene rings is 6. The minimum atomic E-state index is -1.11. The van der Waals surface area contributed by atoms with E-state index in [0.717, 1.165) is 70.9 Å². The van der Waals surface area contributed by atoms with Crippen LogP contribution in [0.4, 0.5) is 73.4 Å². The third-order valence-electron chi connectivity index (χ3n) is 15.1. The normalized spacial score (nSPS) is 12.2. The molecule has 0 bridgehead atoms. The van der Waals surface area contributed by atoms with E-state index in [9.17, 15) is 42.7 Å². The first kappa shape index (κ1) is 71.8. The van der Waals surface area contributed by atoms with Gasteiger partial charge < -0.3 is 56.7 Å². The van der Waals surface area contributed by atoms with Gasteiger partial charge in [0, 0.05) is 65.4 Å². The molecule has 508 valence electrons. The lowest BCUT2D eigenvalue weighted by atomic mass is 9.97. The third-order valence-corrected chi connectivity index (χ3v) is 15.1. The van der Waals surface area contributed by atoms with Crippen molar-refractivity contribution in [3.8, 4) is 22.5 Å². The minimum absolute atomic E-state index is 0.00914. The summed E-state index contributed by atoms with van der Waals surface area (Å²) in [5.41, 5.74) is 10.9. The molecule has 6 aromatic carbocycles. The molecule has 0 unspecified atom stereocenters. The Hall–Kier alpha value is -11.1. The summed E-state index contributed by atoms with van der Waals surface area (Å²) in [6, 6.07) is 28.0. The van der Waals surface area contributed by atoms with Gasteiger partial charge in [-0.3, -0.25) is 4.79 Å². The van der Waals surface area contributed by atoms with Crippen molar-refractivity contribution in [1.82, 2.24) is 40.4 Å². The number of aryl methyl sites for hydroxylation is 2. The second-order valence-electron chi connectivity index (χ2n) is 23.0. The summed E-state index contributed by atoms with van der Waals surface area (Å²) in [5.74, 6) is -5.65. The number of nitrogens with two attached hydrogens (primary N) is 1. The van der Waals surface area contributed by atoms with Crippen molar-refractivity contribution < 1.29 is 60.9 Å². The number of fused-ring (bicyclic) bond motifs is 2. The minimum Gasteiger partial charge on any atom is -0.478 e. The van der Waals surface area contributed by atoms with Crippen LogP contribution in [-0.4, -0.2) is 138 Å². The van der Waals surface area contributed by atoms with Crippen molar-refractivity contribution in [3.63, 3.8) is 0 Å². The van der Waals surface area contributed by atoms with E-state index in [2.05, 4.69) is 48.5 Å². The first-order valence-electron chi connectivity index (χ1n) is 31.2. The highest BCUT2D eigenvalue weighted by Crippen LogP contribution is 2.41. The lowest BCUT2D eigenvalue weighted by molar-refractivity contribution is 0.0490. The van der Waals surface area contributed by atoms with Gasteiger partial charge in [0.15, 0.2) is 11.6 Å². The third kappa shape index (κ3) is 18.2. The molecule has 8 N–H and O–H groups in total. The summed E-state index contributed by atoms with van der Waals surface area (Å²) < 4.78 is 69.8. The topological polar surface area (TPSA) is 292 Å². The maximum absolute atomic E-state index is 15.0. The number of carbonyl (C=O) groups is 6. The number of halogens is 4. The molecule has 4 heterocycles. The average molecular weight is 1330 g/mol. The highest BCUT2D eigenvalue weighted by molar-refractivity contribution is 6.06. The Bertz CT molecular complexity index is 4140. The van der Waals surface area contributed by atoms with Crippen LogP contribution < -0.4 is 42.1 Å². The fourth-order valence-corrected chi connectivity index (χ4v) is 9.85. The van der Waals surface area contributed by atoms with Crippen molar-refractivity contribution in [2.24, 2.45) is 0 Å². The number of carboxylic acids is 1. The Kier molecular flexibility index (Phi) is 24.7. The van der Waals surface area contributed by atoms with Gasteiger partial charge in [0.05, 0.1) is 54.4 Å². The number of nitrogen functional groups attached to an aromatic ring is 1. The highest BCUT2D eigenvalue weighted by Gasteiger charge is 2.36. The number of urea groups is 2. The van der Waals surface area contributed by atoms with Crippen LogP contribution in [-0.2, 0) is 22.6 Å². The van der Waals surface area contributed by atoms with Gasteiger partial charge >= 0.3 is 30.0 Å². The van der Waals surface area contributed by atoms with Gasteiger partial charge in [-0.05, 0) is 163 Å². The molecule has 0 fully saturated rings. The molecule has 0 atom stereocenters. The number of amides is 5. The number of hydrogen-bond acceptors (Lipinski definition) is 17. The Morgan fingerprint density at radius 2 is 0.959 bits per heavy atom. The lowest BCUT2D eigenvalue weighted by Crippen LogP contribution is -2.43. The molecule has 8 aromatic rings. The van der Waals surface area contributed by atoms with Gasteiger partial charge in [0.25, 0.3) is 5.91 Å². The molecular formula is C70H76F4N14O9. The zero-order chi connectivity index (χ0) is 70.0. The van der Waals surface area contributed by atoms with Gasteiger partial charge in [-0.1, -0.05) is 51.0 Å². The molecule has 5 amide bonds. The fraction of sp³-hybridized carbons (Fsp3) is 0.286. The van der Waals surface area contributed by atoms with Crippen LogP contribution in [0.1, 0.15) is 103 Å². The van der Waals surface area contributed by atoms with E-state index in [1.54, 1.807) is 79.7 Å². The number of rotatable bonds is 23. The fourth-order valence-electron chi connectivity index (χ4n) is 9.85. The summed E-state index contributed by atoms with van der Waals surface area (Å²) in [4.78, 5) is 98.7. The number of likely N-dealkylation sites (N-methyl/N-ethyl adjacent to an activating group) is 2. The predicted molar refractivity (Wildman–Crippen MR) is 363 cm³/mol. The number of ether oxygens (including phenoxy) is 2. The molecule has 0 saturated carbocycles. The van der Waals surface area contributed by atoms with Crippen LogP contribution >= 0.6 is 0 Å². The van der Waals surface area contributed by atoms with Crippen molar-refractivity contribution in [1.29, 1.82) is 0 Å². The second kappa shape index (κ2) is 33.4. The Balaban J connectivity index is 0.000000213. The van der Waals surface area contributed by atoms with E-state index in [0.29, 0.717) is 101 Å². The first-order chi connectivity index (χ1) is 46.5. The number of hydrogen-bond donors (Lipinski definition) is 7. The van der Waals surface area contributed by atoms with Crippen LogP contribution in [0.5, 0.6) is 0 Å². The van der Waals surface area contributed by atoms with Crippen molar-refractivity contribution >= 4 is 82.2 Å². The SMILES string of the molecule is CCCCOC(=O)c1ccc(N)cc1.CCCCOC(=O)c1ccc(NC(=O)c2ccc(C)c(-c3nc(NCCN(C)C)nc4c3CNC(=O)N4c3c(F)cccc3F)c2)cc1.Cc1ccc(C(=O)O)cc1-c1nc(NCCN(C)C)nc2c1CNC(=O)N2c1c(F)cccc1F. The molecule has 23 nitrogen and oxygen atoms in total. The molecule has 2 aliphatic rings. The van der Waals surface area contributed by atoms with Crippen LogP contribution in [0.2, 0.25) is 0 Å². The number of unbranched alkanes of at least 4 members (excludes halogenated alkanes) is 2. The molecule has 27 heteroatoms. The Morgan fingerprint density at radius 1 is 0.567 bits per heavy atom. The van der Waals surface area contributed by atoms with Crippen LogP contribution in [0, 0.1) is 37.1 Å². The van der Waals surface area contributed by atoms with E-state index < -0.39 is 64.6 Å². The Morgan fingerprint density at radius 3 is 1.36 bits per heavy atom. The maximum atomic E-state index is 15.0. The number of aromatic carboxylic acids is 1. The predicted octanol–water partition coefficient (Wildman–Crippen LogP) is 12.3. The van der Waals surface area contributed by atoms with Gasteiger partial charge in [0.1, 0.15) is 34.6 Å². The number of nitrogens with zero attached hydrogens (tertiary/aromatic N) is 8. The van der Waals surface area contributed by atoms with E-state index in [1.165, 1.54) is 24.3 Å². The Labute approximate surface area is 558 Å². The number of anilines is 8. The van der Waals surface area contributed by atoms with Crippen molar-refractivity contribution in [3.05, 3.63) is 189 Å². The number of carboxylic acid groups (broad SMARTS) is 1. The summed E-state index contributed by atoms with van der Waals surface area (Å²) in [5, 5.41) is 23.9. The summed E-state index contributed by atoms with van der Waals surface area (Å²) >= 11 is 0. The smallest absolute Gasteiger partial charge is 0.338 e. The van der Waals surface area contributed by atoms with Crippen LogP contribution in [0.25, 0.3) is 22.5 Å². The molecule has 10 rings (SSSR count). The number of aromatic nitrogens is 4. The highest BCUT2D eigenvalue weighted by atomic mass is 19.1. The van der Waals surface area contributed by atoms with Gasteiger partial charge in [-0.25, -0.2) is 61.3 Å². The molecule has 97 heavy (non-hydrogen) atoms.